The molecule has 0 saturated carbocycles. The van der Waals surface area contributed by atoms with E-state index in [2.05, 4.69) is 15.2 Å². The fraction of sp³-hybridized carbons (Fsp3) is 0.636. The van der Waals surface area contributed by atoms with E-state index in [-0.39, 0.29) is 12.5 Å². The molecule has 0 aromatic carbocycles. The number of nitrogens with zero attached hydrogens (tertiary/aromatic N) is 2. The molecule has 0 aliphatic carbocycles. The van der Waals surface area contributed by atoms with E-state index in [1.54, 1.807) is 6.20 Å². The second-order valence-corrected chi connectivity index (χ2v) is 5.18. The van der Waals surface area contributed by atoms with E-state index < -0.39 is 0 Å². The van der Waals surface area contributed by atoms with Gasteiger partial charge in [-0.05, 0) is 31.8 Å². The van der Waals surface area contributed by atoms with Gasteiger partial charge in [0.2, 0.25) is 5.91 Å². The minimum absolute atomic E-state index is 0.0117. The molecule has 1 aliphatic heterocycles. The molecule has 94 valence electrons. The average molecular weight is 255 g/mol. The van der Waals surface area contributed by atoms with Gasteiger partial charge in [0, 0.05) is 18.2 Å². The van der Waals surface area contributed by atoms with Crippen LogP contribution in [-0.2, 0) is 4.79 Å². The van der Waals surface area contributed by atoms with Crippen molar-refractivity contribution in [3.05, 3.63) is 11.6 Å². The summed E-state index contributed by atoms with van der Waals surface area (Å²) in [6.07, 6.45) is 3.62. The molecule has 6 heteroatoms. The van der Waals surface area contributed by atoms with E-state index in [1.165, 1.54) is 11.3 Å². The Labute approximate surface area is 104 Å². The minimum Gasteiger partial charge on any atom is -0.396 e. The summed E-state index contributed by atoms with van der Waals surface area (Å²) in [5, 5.41) is 14.3. The highest BCUT2D eigenvalue weighted by Gasteiger charge is 2.20. The molecule has 1 aliphatic rings. The number of amides is 1. The first-order valence-electron chi connectivity index (χ1n) is 5.80. The van der Waals surface area contributed by atoms with Gasteiger partial charge in [-0.25, -0.2) is 4.98 Å². The van der Waals surface area contributed by atoms with Crippen LogP contribution in [0.5, 0.6) is 0 Å². The van der Waals surface area contributed by atoms with Crippen LogP contribution in [-0.4, -0.2) is 47.1 Å². The van der Waals surface area contributed by atoms with Gasteiger partial charge in [-0.3, -0.25) is 9.69 Å². The number of nitrogens with one attached hydrogen (secondary N) is 1. The normalized spacial score (nSPS) is 18.2. The molecule has 1 saturated heterocycles. The van der Waals surface area contributed by atoms with Gasteiger partial charge in [0.25, 0.3) is 0 Å². The first-order chi connectivity index (χ1) is 8.28. The summed E-state index contributed by atoms with van der Waals surface area (Å²) < 4.78 is 0. The van der Waals surface area contributed by atoms with Crippen LogP contribution in [0.4, 0.5) is 5.13 Å². The maximum absolute atomic E-state index is 11.7. The van der Waals surface area contributed by atoms with Crippen LogP contribution in [0.25, 0.3) is 0 Å². The van der Waals surface area contributed by atoms with Crippen molar-refractivity contribution in [2.24, 2.45) is 5.92 Å². The van der Waals surface area contributed by atoms with Gasteiger partial charge < -0.3 is 10.4 Å². The number of aliphatic hydroxyl groups excluding tert-OH is 1. The first-order valence-corrected chi connectivity index (χ1v) is 6.68. The zero-order valence-corrected chi connectivity index (χ0v) is 10.4. The van der Waals surface area contributed by atoms with Crippen LogP contribution in [0.15, 0.2) is 11.6 Å². The molecule has 0 atom stereocenters. The first kappa shape index (κ1) is 12.5. The quantitative estimate of drug-likeness (QED) is 0.834. The molecular formula is C11H17N3O2S. The van der Waals surface area contributed by atoms with Crippen molar-refractivity contribution in [3.63, 3.8) is 0 Å². The monoisotopic (exact) mass is 255 g/mol. The third kappa shape index (κ3) is 3.76. The number of carbonyl (C=O) groups is 1. The van der Waals surface area contributed by atoms with Crippen LogP contribution in [0.1, 0.15) is 12.8 Å². The number of hydrogen-bond acceptors (Lipinski definition) is 5. The van der Waals surface area contributed by atoms with Gasteiger partial charge in [-0.1, -0.05) is 0 Å². The molecule has 1 aromatic heterocycles. The van der Waals surface area contributed by atoms with E-state index in [9.17, 15) is 4.79 Å². The number of thiazole rings is 1. The number of likely N-dealkylation sites (tertiary alicyclic amines) is 1. The van der Waals surface area contributed by atoms with Crippen molar-refractivity contribution in [2.75, 3.05) is 31.6 Å². The van der Waals surface area contributed by atoms with E-state index >= 15 is 0 Å². The highest BCUT2D eigenvalue weighted by atomic mass is 32.1. The molecule has 0 unspecified atom stereocenters. The maximum atomic E-state index is 11.7. The molecule has 1 fully saturated rings. The summed E-state index contributed by atoms with van der Waals surface area (Å²) in [6, 6.07) is 0. The SMILES string of the molecule is O=C(CN1CCC(CO)CC1)Nc1nccs1. The van der Waals surface area contributed by atoms with E-state index in [4.69, 9.17) is 5.11 Å². The van der Waals surface area contributed by atoms with E-state index in [1.807, 2.05) is 5.38 Å². The Balaban J connectivity index is 1.72. The average Bonchev–Trinajstić information content (AvgIpc) is 2.82. The molecule has 5 nitrogen and oxygen atoms in total. The smallest absolute Gasteiger partial charge is 0.240 e. The van der Waals surface area contributed by atoms with Gasteiger partial charge in [-0.15, -0.1) is 11.3 Å². The third-order valence-electron chi connectivity index (χ3n) is 3.01. The van der Waals surface area contributed by atoms with Crippen molar-refractivity contribution in [3.8, 4) is 0 Å². The number of anilines is 1. The lowest BCUT2D eigenvalue weighted by atomic mass is 9.98. The molecule has 2 N–H and O–H groups in total. The van der Waals surface area contributed by atoms with Gasteiger partial charge in [0.15, 0.2) is 5.13 Å². The van der Waals surface area contributed by atoms with Crippen molar-refractivity contribution in [1.82, 2.24) is 9.88 Å². The molecule has 0 bridgehead atoms. The van der Waals surface area contributed by atoms with Crippen LogP contribution in [0, 0.1) is 5.92 Å². The number of piperidine rings is 1. The Kier molecular flexibility index (Phi) is 4.47. The Bertz CT molecular complexity index is 348. The summed E-state index contributed by atoms with van der Waals surface area (Å²) in [6.45, 7) is 2.45. The standard InChI is InChI=1S/C11H17N3O2S/c15-8-9-1-4-14(5-2-9)7-10(16)13-11-12-3-6-17-11/h3,6,9,15H,1-2,4-5,7-8H2,(H,12,13,16). The largest absolute Gasteiger partial charge is 0.396 e. The van der Waals surface area contributed by atoms with Crippen LogP contribution in [0.2, 0.25) is 0 Å². The molecular weight excluding hydrogens is 238 g/mol. The number of hydrogen-bond donors (Lipinski definition) is 2. The molecule has 17 heavy (non-hydrogen) atoms. The number of carbonyl (C=O) groups excluding carboxylic acids is 1. The molecule has 0 spiro atoms. The van der Waals surface area contributed by atoms with Crippen molar-refractivity contribution < 1.29 is 9.90 Å². The second kappa shape index (κ2) is 6.09. The van der Waals surface area contributed by atoms with Crippen molar-refractivity contribution in [1.29, 1.82) is 0 Å². The lowest BCUT2D eigenvalue weighted by Crippen LogP contribution is -2.39. The lowest BCUT2D eigenvalue weighted by molar-refractivity contribution is -0.117. The number of aromatic nitrogens is 1. The van der Waals surface area contributed by atoms with Gasteiger partial charge in [0.1, 0.15) is 0 Å². The molecule has 0 radical (unpaired) electrons. The number of aliphatic hydroxyl groups is 1. The maximum Gasteiger partial charge on any atom is 0.240 e. The Morgan fingerprint density at radius 2 is 2.35 bits per heavy atom. The Morgan fingerprint density at radius 3 is 2.94 bits per heavy atom. The van der Waals surface area contributed by atoms with Gasteiger partial charge in [-0.2, -0.15) is 0 Å². The fourth-order valence-electron chi connectivity index (χ4n) is 1.97. The summed E-state index contributed by atoms with van der Waals surface area (Å²) in [5.74, 6) is 0.399. The van der Waals surface area contributed by atoms with E-state index in [0.717, 1.165) is 25.9 Å². The zero-order valence-electron chi connectivity index (χ0n) is 9.63. The highest BCUT2D eigenvalue weighted by molar-refractivity contribution is 7.13. The molecule has 1 amide bonds. The molecule has 2 heterocycles. The predicted octanol–water partition coefficient (Wildman–Crippen LogP) is 0.786. The van der Waals surface area contributed by atoms with Crippen LogP contribution < -0.4 is 5.32 Å². The summed E-state index contributed by atoms with van der Waals surface area (Å²) in [7, 11) is 0. The summed E-state index contributed by atoms with van der Waals surface area (Å²) in [5.41, 5.74) is 0. The fourth-order valence-corrected chi connectivity index (χ4v) is 2.52. The van der Waals surface area contributed by atoms with Gasteiger partial charge in [0.05, 0.1) is 6.54 Å². The topological polar surface area (TPSA) is 65.5 Å². The zero-order chi connectivity index (χ0) is 12.1. The summed E-state index contributed by atoms with van der Waals surface area (Å²) >= 11 is 1.42. The molecule has 1 aromatic rings. The highest BCUT2D eigenvalue weighted by Crippen LogP contribution is 2.16. The van der Waals surface area contributed by atoms with Crippen molar-refractivity contribution >= 4 is 22.4 Å². The predicted molar refractivity (Wildman–Crippen MR) is 67.0 cm³/mol. The van der Waals surface area contributed by atoms with Crippen LogP contribution in [0.3, 0.4) is 0 Å². The Morgan fingerprint density at radius 1 is 1.59 bits per heavy atom. The Hall–Kier alpha value is -0.980. The second-order valence-electron chi connectivity index (χ2n) is 4.29. The third-order valence-corrected chi connectivity index (χ3v) is 3.70. The number of rotatable bonds is 4. The lowest BCUT2D eigenvalue weighted by Gasteiger charge is -2.30. The summed E-state index contributed by atoms with van der Waals surface area (Å²) in [4.78, 5) is 17.8. The van der Waals surface area contributed by atoms with Gasteiger partial charge >= 0.3 is 0 Å². The van der Waals surface area contributed by atoms with Crippen LogP contribution >= 0.6 is 11.3 Å². The van der Waals surface area contributed by atoms with E-state index in [0.29, 0.717) is 17.6 Å². The molecule has 2 rings (SSSR count). The minimum atomic E-state index is -0.0117. The van der Waals surface area contributed by atoms with Crippen molar-refractivity contribution in [2.45, 2.75) is 12.8 Å².